The number of hydrogen-bond acceptors (Lipinski definition) is 14. The number of piperidine rings is 2. The first-order valence-electron chi connectivity index (χ1n) is 25.3. The van der Waals surface area contributed by atoms with E-state index >= 15 is 0 Å². The molecule has 378 valence electrons. The number of nitriles is 1. The maximum absolute atomic E-state index is 14.5. The summed E-state index contributed by atoms with van der Waals surface area (Å²) >= 11 is 0. The Kier molecular flexibility index (Phi) is 14.6. The van der Waals surface area contributed by atoms with E-state index in [2.05, 4.69) is 96.8 Å². The predicted octanol–water partition coefficient (Wildman–Crippen LogP) is 7.45. The number of carbonyl (C=O) groups is 1. The van der Waals surface area contributed by atoms with E-state index in [0.29, 0.717) is 60.2 Å². The Morgan fingerprint density at radius 1 is 0.703 bits per heavy atom. The van der Waals surface area contributed by atoms with Crippen molar-refractivity contribution >= 4 is 45.3 Å². The van der Waals surface area contributed by atoms with Gasteiger partial charge in [0, 0.05) is 63.5 Å². The molecule has 2 fully saturated rings. The van der Waals surface area contributed by atoms with Crippen molar-refractivity contribution in [1.29, 1.82) is 5.26 Å². The molecule has 0 saturated carbocycles. The average molecular weight is 993 g/mol. The van der Waals surface area contributed by atoms with Crippen molar-refractivity contribution in [2.45, 2.75) is 70.2 Å². The second kappa shape index (κ2) is 21.8. The van der Waals surface area contributed by atoms with E-state index in [4.69, 9.17) is 21.7 Å². The van der Waals surface area contributed by atoms with E-state index in [9.17, 15) is 14.4 Å². The fraction of sp³-hybridized carbons (Fsp3) is 0.321. The maximum atomic E-state index is 14.5. The molecular weight excluding hydrogens is 932 g/mol. The lowest BCUT2D eigenvalue weighted by Gasteiger charge is -2.32. The Hall–Kier alpha value is -8.27. The number of aromatic nitrogens is 8. The molecule has 74 heavy (non-hydrogen) atoms. The number of amides is 1. The van der Waals surface area contributed by atoms with Crippen molar-refractivity contribution in [1.82, 2.24) is 54.2 Å². The summed E-state index contributed by atoms with van der Waals surface area (Å²) in [4.78, 5) is 37.9. The topological polar surface area (TPSA) is 219 Å². The number of nitrogen functional groups attached to an aromatic ring is 2. The molecule has 1 amide bonds. The minimum Gasteiger partial charge on any atom is -0.383 e. The lowest BCUT2D eigenvalue weighted by atomic mass is 9.99. The molecule has 4 aromatic carbocycles. The van der Waals surface area contributed by atoms with Crippen molar-refractivity contribution < 1.29 is 9.18 Å². The molecule has 17 nitrogen and oxygen atoms in total. The number of para-hydroxylation sites is 1. The van der Waals surface area contributed by atoms with Gasteiger partial charge in [-0.25, -0.2) is 33.7 Å². The molecule has 12 rings (SSSR count). The minimum atomic E-state index is -0.171. The van der Waals surface area contributed by atoms with Crippen LogP contribution in [0.2, 0.25) is 0 Å². The largest absolute Gasteiger partial charge is 0.383 e. The van der Waals surface area contributed by atoms with Crippen LogP contribution < -0.4 is 22.1 Å². The number of nitrogens with two attached hydrogens (primary N) is 3. The normalized spacial score (nSPS) is 17.4. The Morgan fingerprint density at radius 2 is 1.27 bits per heavy atom. The van der Waals surface area contributed by atoms with Crippen LogP contribution in [-0.4, -0.2) is 106 Å². The molecule has 2 unspecified atom stereocenters. The second-order valence-corrected chi connectivity index (χ2v) is 19.2. The van der Waals surface area contributed by atoms with Crippen LogP contribution in [-0.2, 0) is 37.3 Å². The van der Waals surface area contributed by atoms with Gasteiger partial charge in [0.05, 0.1) is 35.1 Å². The summed E-state index contributed by atoms with van der Waals surface area (Å²) in [5.74, 6) is 0.552. The van der Waals surface area contributed by atoms with Crippen molar-refractivity contribution in [3.63, 3.8) is 0 Å². The molecule has 4 aliphatic rings. The molecule has 4 aromatic heterocycles. The zero-order chi connectivity index (χ0) is 51.3. The average Bonchev–Trinajstić information content (AvgIpc) is 4.18. The van der Waals surface area contributed by atoms with Crippen LogP contribution in [0, 0.1) is 17.3 Å². The number of nitrogens with zero attached hydrogens (tertiary/aromatic N) is 13. The Bertz CT molecular complexity index is 3350. The summed E-state index contributed by atoms with van der Waals surface area (Å²) in [6, 6.07) is 30.8. The Morgan fingerprint density at radius 3 is 1.89 bits per heavy atom. The lowest BCUT2D eigenvalue weighted by Crippen LogP contribution is -2.40. The lowest BCUT2D eigenvalue weighted by molar-refractivity contribution is -0.127. The third-order valence-electron chi connectivity index (χ3n) is 14.6. The van der Waals surface area contributed by atoms with Gasteiger partial charge in [-0.3, -0.25) is 9.69 Å². The highest BCUT2D eigenvalue weighted by atomic mass is 19.1. The zero-order valence-corrected chi connectivity index (χ0v) is 41.7. The Labute approximate surface area is 429 Å². The van der Waals surface area contributed by atoms with Crippen LogP contribution in [0.1, 0.15) is 65.6 Å². The van der Waals surface area contributed by atoms with E-state index in [1.807, 2.05) is 39.7 Å². The number of fused-ring (bicyclic) bond motifs is 4. The van der Waals surface area contributed by atoms with Gasteiger partial charge < -0.3 is 31.9 Å². The molecule has 8 heterocycles. The maximum Gasteiger partial charge on any atom is 0.246 e. The number of hydrogen-bond donors (Lipinski definition) is 3. The molecule has 0 aliphatic carbocycles. The van der Waals surface area contributed by atoms with Crippen LogP contribution in [0.5, 0.6) is 0 Å². The summed E-state index contributed by atoms with van der Waals surface area (Å²) in [6.45, 7) is 10.7. The number of benzene rings is 4. The molecule has 6 N–H and O–H groups in total. The molecule has 4 aliphatic heterocycles. The van der Waals surface area contributed by atoms with Gasteiger partial charge in [0.15, 0.2) is 17.5 Å². The number of anilines is 3. The van der Waals surface area contributed by atoms with Crippen LogP contribution in [0.3, 0.4) is 0 Å². The first-order valence-corrected chi connectivity index (χ1v) is 25.3. The van der Waals surface area contributed by atoms with Crippen molar-refractivity contribution in [3.8, 4) is 28.7 Å². The van der Waals surface area contributed by atoms with Gasteiger partial charge in [-0.15, -0.1) is 0 Å². The predicted molar refractivity (Wildman–Crippen MR) is 286 cm³/mol. The molecular formula is C56H61FN16O. The Balaban J connectivity index is 0.000000164. The van der Waals surface area contributed by atoms with Crippen molar-refractivity contribution in [2.75, 3.05) is 62.7 Å². The summed E-state index contributed by atoms with van der Waals surface area (Å²) in [7, 11) is 1.50. The van der Waals surface area contributed by atoms with E-state index in [1.54, 1.807) is 15.9 Å². The SMILES string of the molecule is C=CC(=O)N1CCCC(n2nc(-c3ccc(CN4CCc5cccc(F)c54)cc3)c3c(N)ncnc32)C1.CN.N#CN1CCCC(n2nc(-c3ccc(CN4CCc5ccccc5C4)cc3)c3c(N)ncnc32)C1. The summed E-state index contributed by atoms with van der Waals surface area (Å²) < 4.78 is 18.3. The minimum absolute atomic E-state index is 0.0207. The fourth-order valence-corrected chi connectivity index (χ4v) is 11.0. The monoisotopic (exact) mass is 993 g/mol. The first kappa shape index (κ1) is 49.3. The van der Waals surface area contributed by atoms with Crippen LogP contribution >= 0.6 is 0 Å². The molecule has 2 saturated heterocycles. The van der Waals surface area contributed by atoms with Crippen molar-refractivity contribution in [3.05, 3.63) is 150 Å². The molecule has 8 aromatic rings. The van der Waals surface area contributed by atoms with E-state index < -0.39 is 0 Å². The summed E-state index contributed by atoms with van der Waals surface area (Å²) in [5, 5.41) is 20.8. The van der Waals surface area contributed by atoms with Gasteiger partial charge in [0.1, 0.15) is 41.5 Å². The van der Waals surface area contributed by atoms with Gasteiger partial charge in [-0.05, 0) is 85.5 Å². The van der Waals surface area contributed by atoms with Gasteiger partial charge in [-0.2, -0.15) is 15.5 Å². The van der Waals surface area contributed by atoms with E-state index in [0.717, 1.165) is 110 Å². The van der Waals surface area contributed by atoms with Gasteiger partial charge in [-0.1, -0.05) is 91.5 Å². The highest BCUT2D eigenvalue weighted by Crippen LogP contribution is 2.37. The molecule has 0 spiro atoms. The van der Waals surface area contributed by atoms with E-state index in [-0.39, 0.29) is 23.8 Å². The second-order valence-electron chi connectivity index (χ2n) is 19.2. The van der Waals surface area contributed by atoms with Gasteiger partial charge in [0.2, 0.25) is 5.91 Å². The number of likely N-dealkylation sites (tertiary alicyclic amines) is 2. The number of rotatable bonds is 9. The van der Waals surface area contributed by atoms with Crippen LogP contribution in [0.4, 0.5) is 21.7 Å². The van der Waals surface area contributed by atoms with Crippen molar-refractivity contribution in [2.24, 2.45) is 5.73 Å². The smallest absolute Gasteiger partial charge is 0.246 e. The molecule has 18 heteroatoms. The molecule has 2 atom stereocenters. The van der Waals surface area contributed by atoms with Crippen LogP contribution in [0.25, 0.3) is 44.6 Å². The van der Waals surface area contributed by atoms with Gasteiger partial charge >= 0.3 is 0 Å². The fourth-order valence-electron chi connectivity index (χ4n) is 11.0. The number of halogens is 1. The third kappa shape index (κ3) is 9.95. The molecule has 0 bridgehead atoms. The van der Waals surface area contributed by atoms with Gasteiger partial charge in [0.25, 0.3) is 0 Å². The standard InChI is InChI=1S/C28H28FN7O.C27H28N8.CH5N/c1-2-23(37)34-13-4-6-21(16-34)36-28-24(27(30)31-17-32-28)25(33-36)19-10-8-18(9-11-19)15-35-14-12-20-5-3-7-22(29)26(20)35;28-17-34-12-3-6-23(16-34)35-27-24(26(29)30-18-31-27)25(32-35)21-9-7-19(8-10-21)14-33-13-11-20-4-1-2-5-22(20)15-33;1-2/h2-3,5,7-11,17,21H,1,4,6,12-16H2,(H2,30,31,32);1-2,4-5,7-10,18,23H,3,6,11-16H2,(H2,29,30,31);2H2,1H3. The van der Waals surface area contributed by atoms with E-state index in [1.165, 1.54) is 48.5 Å². The zero-order valence-electron chi connectivity index (χ0n) is 41.7. The quantitative estimate of drug-likeness (QED) is 0.0945. The summed E-state index contributed by atoms with van der Waals surface area (Å²) in [6.07, 6.45) is 12.2. The molecule has 0 radical (unpaired) electrons. The highest BCUT2D eigenvalue weighted by Gasteiger charge is 2.30. The third-order valence-corrected chi connectivity index (χ3v) is 14.6. The highest BCUT2D eigenvalue weighted by molar-refractivity contribution is 5.99. The summed E-state index contributed by atoms with van der Waals surface area (Å²) in [5.41, 5.74) is 28.9. The number of carbonyl (C=O) groups excluding carboxylic acids is 1. The first-order chi connectivity index (χ1) is 36.2. The van der Waals surface area contributed by atoms with Crippen LogP contribution in [0.15, 0.2) is 116 Å².